The Morgan fingerprint density at radius 3 is 2.67 bits per heavy atom. The van der Waals surface area contributed by atoms with Crippen molar-refractivity contribution in [1.29, 1.82) is 0 Å². The van der Waals surface area contributed by atoms with Gasteiger partial charge in [-0.15, -0.1) is 0 Å². The third-order valence-electron chi connectivity index (χ3n) is 3.30. The summed E-state index contributed by atoms with van der Waals surface area (Å²) in [6.07, 6.45) is 0. The molecule has 1 aromatic carbocycles. The zero-order valence-electron chi connectivity index (χ0n) is 11.8. The molecular weight excluding hydrogens is 272 g/mol. The van der Waals surface area contributed by atoms with Gasteiger partial charge in [0, 0.05) is 30.6 Å². The molecule has 1 atom stereocenters. The van der Waals surface area contributed by atoms with Crippen LogP contribution in [0, 0.1) is 5.92 Å². The molecule has 1 aromatic heterocycles. The van der Waals surface area contributed by atoms with Crippen LogP contribution in [0.15, 0.2) is 35.1 Å². The monoisotopic (exact) mass is 288 g/mol. The summed E-state index contributed by atoms with van der Waals surface area (Å²) >= 11 is 0. The second-order valence-corrected chi connectivity index (χ2v) is 5.02. The van der Waals surface area contributed by atoms with Gasteiger partial charge >= 0.3 is 5.97 Å². The highest BCUT2D eigenvalue weighted by Crippen LogP contribution is 2.16. The maximum Gasteiger partial charge on any atom is 0.308 e. The summed E-state index contributed by atoms with van der Waals surface area (Å²) in [5.74, 6) is -2.01. The molecule has 1 amide bonds. The summed E-state index contributed by atoms with van der Waals surface area (Å²) in [5, 5.41) is 9.54. The van der Waals surface area contributed by atoms with E-state index >= 15 is 0 Å². The predicted molar refractivity (Wildman–Crippen MR) is 78.3 cm³/mol. The molecule has 0 aliphatic carbocycles. The minimum absolute atomic E-state index is 0.0787. The van der Waals surface area contributed by atoms with Gasteiger partial charge in [0.2, 0.25) is 5.56 Å². The van der Waals surface area contributed by atoms with Crippen molar-refractivity contribution in [3.8, 4) is 0 Å². The molecule has 0 radical (unpaired) electrons. The highest BCUT2D eigenvalue weighted by molar-refractivity contribution is 6.05. The number of carbonyl (C=O) groups is 2. The smallest absolute Gasteiger partial charge is 0.308 e. The molecule has 0 saturated heterocycles. The molecule has 21 heavy (non-hydrogen) atoms. The average molecular weight is 288 g/mol. The molecule has 1 heterocycles. The van der Waals surface area contributed by atoms with Gasteiger partial charge in [-0.1, -0.05) is 25.1 Å². The lowest BCUT2D eigenvalue weighted by atomic mass is 10.1. The number of para-hydroxylation sites is 1. The number of pyridine rings is 1. The van der Waals surface area contributed by atoms with Crippen molar-refractivity contribution >= 4 is 22.8 Å². The van der Waals surface area contributed by atoms with Crippen molar-refractivity contribution in [1.82, 2.24) is 9.88 Å². The number of carboxylic acid groups (broad SMARTS) is 1. The fourth-order valence-corrected chi connectivity index (χ4v) is 2.16. The summed E-state index contributed by atoms with van der Waals surface area (Å²) in [7, 11) is 1.53. The molecule has 0 bridgehead atoms. The zero-order chi connectivity index (χ0) is 15.6. The molecule has 0 saturated carbocycles. The van der Waals surface area contributed by atoms with Crippen LogP contribution in [0.2, 0.25) is 0 Å². The number of benzene rings is 1. The molecular formula is C15H16N2O4. The quantitative estimate of drug-likeness (QED) is 0.887. The first-order valence-electron chi connectivity index (χ1n) is 6.50. The Balaban J connectivity index is 2.39. The standard InChI is InChI=1S/C15H16N2O4/c1-9(15(20)21)8-17(2)14(19)11-7-13(18)16-12-6-4-3-5-10(11)12/h3-7,9H,8H2,1-2H3,(H,16,18)(H,20,21). The number of hydrogen-bond acceptors (Lipinski definition) is 3. The van der Waals surface area contributed by atoms with E-state index < -0.39 is 11.9 Å². The second kappa shape index (κ2) is 5.78. The topological polar surface area (TPSA) is 90.5 Å². The minimum atomic E-state index is -0.967. The Morgan fingerprint density at radius 2 is 2.00 bits per heavy atom. The van der Waals surface area contributed by atoms with Crippen LogP contribution in [0.1, 0.15) is 17.3 Å². The number of nitrogens with one attached hydrogen (secondary N) is 1. The lowest BCUT2D eigenvalue weighted by Crippen LogP contribution is -2.34. The van der Waals surface area contributed by atoms with E-state index in [-0.39, 0.29) is 23.6 Å². The molecule has 0 spiro atoms. The molecule has 2 N–H and O–H groups in total. The second-order valence-electron chi connectivity index (χ2n) is 5.02. The number of hydrogen-bond donors (Lipinski definition) is 2. The Labute approximate surface area is 121 Å². The number of amides is 1. The van der Waals surface area contributed by atoms with E-state index in [2.05, 4.69) is 4.98 Å². The van der Waals surface area contributed by atoms with Crippen molar-refractivity contribution in [2.24, 2.45) is 5.92 Å². The average Bonchev–Trinajstić information content (AvgIpc) is 2.45. The van der Waals surface area contributed by atoms with Gasteiger partial charge in [0.1, 0.15) is 0 Å². The summed E-state index contributed by atoms with van der Waals surface area (Å²) < 4.78 is 0. The first kappa shape index (κ1) is 14.8. The molecule has 1 unspecified atom stereocenters. The fourth-order valence-electron chi connectivity index (χ4n) is 2.16. The van der Waals surface area contributed by atoms with Gasteiger partial charge in [0.05, 0.1) is 11.5 Å². The Bertz CT molecular complexity index is 751. The van der Waals surface area contributed by atoms with E-state index in [1.807, 2.05) is 0 Å². The number of aliphatic carboxylic acids is 1. The number of nitrogens with zero attached hydrogens (tertiary/aromatic N) is 1. The number of aromatic nitrogens is 1. The molecule has 110 valence electrons. The highest BCUT2D eigenvalue weighted by Gasteiger charge is 2.20. The van der Waals surface area contributed by atoms with Crippen LogP contribution in [0.5, 0.6) is 0 Å². The Kier molecular flexibility index (Phi) is 4.07. The number of fused-ring (bicyclic) bond motifs is 1. The Hall–Kier alpha value is -2.63. The largest absolute Gasteiger partial charge is 0.481 e. The zero-order valence-corrected chi connectivity index (χ0v) is 11.8. The number of rotatable bonds is 4. The number of H-pyrrole nitrogens is 1. The minimum Gasteiger partial charge on any atom is -0.481 e. The van der Waals surface area contributed by atoms with Crippen LogP contribution in [-0.4, -0.2) is 40.5 Å². The van der Waals surface area contributed by atoms with Gasteiger partial charge in [-0.2, -0.15) is 0 Å². The van der Waals surface area contributed by atoms with Gasteiger partial charge in [-0.3, -0.25) is 14.4 Å². The summed E-state index contributed by atoms with van der Waals surface area (Å²) in [6.45, 7) is 1.61. The first-order valence-corrected chi connectivity index (χ1v) is 6.50. The molecule has 6 nitrogen and oxygen atoms in total. The van der Waals surface area contributed by atoms with Crippen molar-refractivity contribution in [3.63, 3.8) is 0 Å². The fraction of sp³-hybridized carbons (Fsp3) is 0.267. The van der Waals surface area contributed by atoms with Gasteiger partial charge in [-0.05, 0) is 6.07 Å². The van der Waals surface area contributed by atoms with E-state index in [1.165, 1.54) is 24.9 Å². The van der Waals surface area contributed by atoms with Crippen LogP contribution in [-0.2, 0) is 4.79 Å². The number of carbonyl (C=O) groups excluding carboxylic acids is 1. The number of carboxylic acids is 1. The predicted octanol–water partition coefficient (Wildman–Crippen LogP) is 1.32. The van der Waals surface area contributed by atoms with E-state index in [0.29, 0.717) is 10.9 Å². The first-order chi connectivity index (χ1) is 9.90. The Morgan fingerprint density at radius 1 is 1.33 bits per heavy atom. The summed E-state index contributed by atoms with van der Waals surface area (Å²) in [5.41, 5.74) is 0.485. The van der Waals surface area contributed by atoms with Gasteiger partial charge < -0.3 is 15.0 Å². The van der Waals surface area contributed by atoms with Crippen molar-refractivity contribution in [2.75, 3.05) is 13.6 Å². The highest BCUT2D eigenvalue weighted by atomic mass is 16.4. The number of aromatic amines is 1. The van der Waals surface area contributed by atoms with Crippen molar-refractivity contribution < 1.29 is 14.7 Å². The molecule has 2 rings (SSSR count). The van der Waals surface area contributed by atoms with Gasteiger partial charge in [0.15, 0.2) is 0 Å². The maximum atomic E-state index is 12.4. The summed E-state index contributed by atoms with van der Waals surface area (Å²) in [6, 6.07) is 8.24. The van der Waals surface area contributed by atoms with E-state index in [4.69, 9.17) is 5.11 Å². The normalized spacial score (nSPS) is 12.1. The molecule has 0 fully saturated rings. The van der Waals surface area contributed by atoms with E-state index in [0.717, 1.165) is 0 Å². The SMILES string of the molecule is CC(CN(C)C(=O)c1cc(=O)[nH]c2ccccc12)C(=O)O. The molecule has 0 aliphatic rings. The van der Waals surface area contributed by atoms with Gasteiger partial charge in [-0.25, -0.2) is 0 Å². The molecule has 2 aromatic rings. The van der Waals surface area contributed by atoms with E-state index in [9.17, 15) is 14.4 Å². The third-order valence-corrected chi connectivity index (χ3v) is 3.30. The molecule has 0 aliphatic heterocycles. The van der Waals surface area contributed by atoms with E-state index in [1.54, 1.807) is 24.3 Å². The lowest BCUT2D eigenvalue weighted by molar-refractivity contribution is -0.141. The van der Waals surface area contributed by atoms with Gasteiger partial charge in [0.25, 0.3) is 5.91 Å². The maximum absolute atomic E-state index is 12.4. The van der Waals surface area contributed by atoms with Crippen LogP contribution in [0.25, 0.3) is 10.9 Å². The lowest BCUT2D eigenvalue weighted by Gasteiger charge is -2.20. The van der Waals surface area contributed by atoms with Crippen LogP contribution >= 0.6 is 0 Å². The van der Waals surface area contributed by atoms with Crippen molar-refractivity contribution in [2.45, 2.75) is 6.92 Å². The van der Waals surface area contributed by atoms with Crippen molar-refractivity contribution in [3.05, 3.63) is 46.2 Å². The summed E-state index contributed by atoms with van der Waals surface area (Å²) in [4.78, 5) is 38.9. The van der Waals surface area contributed by atoms with Crippen LogP contribution in [0.3, 0.4) is 0 Å². The third kappa shape index (κ3) is 3.10. The molecule has 6 heteroatoms. The van der Waals surface area contributed by atoms with Crippen LogP contribution in [0.4, 0.5) is 0 Å². The van der Waals surface area contributed by atoms with Crippen LogP contribution < -0.4 is 5.56 Å².